The first-order chi connectivity index (χ1) is 14.1. The van der Waals surface area contributed by atoms with Crippen LogP contribution in [0.2, 0.25) is 0 Å². The summed E-state index contributed by atoms with van der Waals surface area (Å²) in [6.45, 7) is 8.77. The van der Waals surface area contributed by atoms with Crippen molar-refractivity contribution in [1.29, 1.82) is 0 Å². The molecule has 0 radical (unpaired) electrons. The van der Waals surface area contributed by atoms with E-state index in [1.54, 1.807) is 14.2 Å². The second-order valence-corrected chi connectivity index (χ2v) is 7.39. The third kappa shape index (κ3) is 4.00. The number of anilines is 1. The van der Waals surface area contributed by atoms with Gasteiger partial charge in [-0.15, -0.1) is 0 Å². The van der Waals surface area contributed by atoms with Gasteiger partial charge in [-0.3, -0.25) is 4.79 Å². The monoisotopic (exact) mass is 413 g/mol. The van der Waals surface area contributed by atoms with Crippen molar-refractivity contribution in [1.82, 2.24) is 4.57 Å². The van der Waals surface area contributed by atoms with Gasteiger partial charge in [0.1, 0.15) is 21.7 Å². The van der Waals surface area contributed by atoms with Gasteiger partial charge in [0, 0.05) is 30.9 Å². The van der Waals surface area contributed by atoms with Gasteiger partial charge in [-0.1, -0.05) is 11.3 Å². The molecule has 2 aromatic carbocycles. The van der Waals surface area contributed by atoms with E-state index in [2.05, 4.69) is 23.7 Å². The maximum Gasteiger partial charge on any atom is 0.279 e. The minimum absolute atomic E-state index is 0.261. The van der Waals surface area contributed by atoms with Gasteiger partial charge in [-0.2, -0.15) is 4.99 Å². The van der Waals surface area contributed by atoms with Crippen LogP contribution in [0, 0.1) is 0 Å². The fourth-order valence-corrected chi connectivity index (χ4v) is 4.59. The zero-order valence-electron chi connectivity index (χ0n) is 17.6. The van der Waals surface area contributed by atoms with Crippen LogP contribution in [-0.4, -0.2) is 37.8 Å². The first-order valence-corrected chi connectivity index (χ1v) is 10.6. The van der Waals surface area contributed by atoms with Gasteiger partial charge in [0.25, 0.3) is 5.91 Å². The maximum atomic E-state index is 12.8. The van der Waals surface area contributed by atoms with Gasteiger partial charge >= 0.3 is 0 Å². The second-order valence-electron chi connectivity index (χ2n) is 6.41. The molecule has 0 bridgehead atoms. The summed E-state index contributed by atoms with van der Waals surface area (Å²) in [5.41, 5.74) is 2.56. The number of carbonyl (C=O) groups is 1. The highest BCUT2D eigenvalue weighted by Gasteiger charge is 2.16. The number of amides is 1. The minimum Gasteiger partial charge on any atom is -0.495 e. The number of aryl methyl sites for hydroxylation is 1. The predicted octanol–water partition coefficient (Wildman–Crippen LogP) is 4.33. The van der Waals surface area contributed by atoms with Crippen molar-refractivity contribution in [2.75, 3.05) is 32.2 Å². The number of hydrogen-bond acceptors (Lipinski definition) is 5. The van der Waals surface area contributed by atoms with Crippen LogP contribution >= 0.6 is 11.3 Å². The summed E-state index contributed by atoms with van der Waals surface area (Å²) < 4.78 is 13.9. The van der Waals surface area contributed by atoms with Crippen molar-refractivity contribution in [3.8, 4) is 11.5 Å². The summed E-state index contributed by atoms with van der Waals surface area (Å²) in [5.74, 6) is 1.21. The Morgan fingerprint density at radius 3 is 2.17 bits per heavy atom. The van der Waals surface area contributed by atoms with Gasteiger partial charge in [-0.25, -0.2) is 0 Å². The van der Waals surface area contributed by atoms with Gasteiger partial charge in [-0.05, 0) is 57.2 Å². The van der Waals surface area contributed by atoms with E-state index < -0.39 is 0 Å². The molecule has 0 saturated heterocycles. The highest BCUT2D eigenvalue weighted by molar-refractivity contribution is 7.16. The van der Waals surface area contributed by atoms with Crippen molar-refractivity contribution < 1.29 is 14.3 Å². The number of carbonyl (C=O) groups excluding carboxylic acids is 1. The highest BCUT2D eigenvalue weighted by atomic mass is 32.1. The second kappa shape index (κ2) is 9.13. The van der Waals surface area contributed by atoms with Crippen LogP contribution in [0.3, 0.4) is 0 Å². The number of hydrogen-bond donors (Lipinski definition) is 0. The third-order valence-electron chi connectivity index (χ3n) is 4.95. The van der Waals surface area contributed by atoms with E-state index in [9.17, 15) is 4.79 Å². The van der Waals surface area contributed by atoms with E-state index in [1.807, 2.05) is 47.9 Å². The lowest BCUT2D eigenvalue weighted by atomic mass is 10.2. The van der Waals surface area contributed by atoms with Crippen molar-refractivity contribution in [3.63, 3.8) is 0 Å². The lowest BCUT2D eigenvalue weighted by molar-refractivity contribution is 0.0998. The van der Waals surface area contributed by atoms with Crippen LogP contribution in [0.15, 0.2) is 41.4 Å². The molecule has 7 heteroatoms. The molecular weight excluding hydrogens is 386 g/mol. The van der Waals surface area contributed by atoms with Gasteiger partial charge in [0.15, 0.2) is 4.80 Å². The molecule has 1 amide bonds. The lowest BCUT2D eigenvalue weighted by Gasteiger charge is -2.20. The quantitative estimate of drug-likeness (QED) is 0.579. The van der Waals surface area contributed by atoms with Gasteiger partial charge in [0.05, 0.1) is 14.2 Å². The predicted molar refractivity (Wildman–Crippen MR) is 118 cm³/mol. The Balaban J connectivity index is 2.07. The summed E-state index contributed by atoms with van der Waals surface area (Å²) in [6.07, 6.45) is 0. The standard InChI is InChI=1S/C22H27N3O3S/c1-6-24(7-2)16-11-9-15(10-12-16)21(26)23-22-25(8-3)19-17(27-4)13-14-18(28-5)20(19)29-22/h9-14H,6-8H2,1-5H3. The topological polar surface area (TPSA) is 56.1 Å². The summed E-state index contributed by atoms with van der Waals surface area (Å²) in [4.78, 5) is 20.1. The van der Waals surface area contributed by atoms with Crippen LogP contribution in [0.5, 0.6) is 11.5 Å². The van der Waals surface area contributed by atoms with E-state index in [4.69, 9.17) is 9.47 Å². The number of aromatic nitrogens is 1. The largest absolute Gasteiger partial charge is 0.495 e. The zero-order chi connectivity index (χ0) is 21.0. The van der Waals surface area contributed by atoms with E-state index >= 15 is 0 Å². The van der Waals surface area contributed by atoms with Crippen LogP contribution < -0.4 is 19.2 Å². The van der Waals surface area contributed by atoms with Crippen LogP contribution in [0.4, 0.5) is 5.69 Å². The summed E-state index contributed by atoms with van der Waals surface area (Å²) in [6, 6.07) is 11.4. The molecule has 1 heterocycles. The molecule has 1 aromatic heterocycles. The summed E-state index contributed by atoms with van der Waals surface area (Å²) in [5, 5.41) is 0. The Labute approximate surface area is 175 Å². The molecule has 0 fully saturated rings. The molecule has 0 aliphatic heterocycles. The number of thiazole rings is 1. The van der Waals surface area contributed by atoms with E-state index in [1.165, 1.54) is 11.3 Å². The fourth-order valence-electron chi connectivity index (χ4n) is 3.39. The Kier molecular flexibility index (Phi) is 6.59. The molecule has 0 saturated carbocycles. The van der Waals surface area contributed by atoms with E-state index in [-0.39, 0.29) is 5.91 Å². The first-order valence-electron chi connectivity index (χ1n) is 9.76. The number of rotatable bonds is 7. The molecule has 0 N–H and O–H groups in total. The zero-order valence-corrected chi connectivity index (χ0v) is 18.4. The molecule has 154 valence electrons. The third-order valence-corrected chi connectivity index (χ3v) is 6.04. The van der Waals surface area contributed by atoms with E-state index in [0.29, 0.717) is 16.9 Å². The van der Waals surface area contributed by atoms with Crippen molar-refractivity contribution in [2.24, 2.45) is 4.99 Å². The number of nitrogens with zero attached hydrogens (tertiary/aromatic N) is 3. The molecule has 6 nitrogen and oxygen atoms in total. The van der Waals surface area contributed by atoms with Crippen LogP contribution in [0.25, 0.3) is 10.2 Å². The smallest absolute Gasteiger partial charge is 0.279 e. The molecule has 0 unspecified atom stereocenters. The molecule has 0 atom stereocenters. The number of fused-ring (bicyclic) bond motifs is 1. The molecule has 0 aliphatic carbocycles. The Morgan fingerprint density at radius 1 is 1.00 bits per heavy atom. The van der Waals surface area contributed by atoms with Crippen molar-refractivity contribution in [3.05, 3.63) is 46.8 Å². The molecule has 0 spiro atoms. The SMILES string of the molecule is CCN(CC)c1ccc(C(=O)N=c2sc3c(OC)ccc(OC)c3n2CC)cc1. The van der Waals surface area contributed by atoms with Crippen LogP contribution in [0.1, 0.15) is 31.1 Å². The fraction of sp³-hybridized carbons (Fsp3) is 0.364. The van der Waals surface area contributed by atoms with E-state index in [0.717, 1.165) is 40.5 Å². The highest BCUT2D eigenvalue weighted by Crippen LogP contribution is 2.35. The molecule has 3 rings (SSSR count). The lowest BCUT2D eigenvalue weighted by Crippen LogP contribution is -2.21. The molecular formula is C22H27N3O3S. The van der Waals surface area contributed by atoms with Gasteiger partial charge < -0.3 is 18.9 Å². The van der Waals surface area contributed by atoms with Crippen molar-refractivity contribution >= 4 is 33.1 Å². The first kappa shape index (κ1) is 20.9. The Hall–Kier alpha value is -2.80. The Morgan fingerprint density at radius 2 is 1.62 bits per heavy atom. The molecule has 29 heavy (non-hydrogen) atoms. The summed E-state index contributed by atoms with van der Waals surface area (Å²) >= 11 is 1.43. The number of methoxy groups -OCH3 is 2. The van der Waals surface area contributed by atoms with Crippen LogP contribution in [-0.2, 0) is 6.54 Å². The summed E-state index contributed by atoms with van der Waals surface area (Å²) in [7, 11) is 3.27. The molecule has 0 aliphatic rings. The Bertz CT molecular complexity index is 1060. The van der Waals surface area contributed by atoms with Crippen molar-refractivity contribution in [2.45, 2.75) is 27.3 Å². The number of ether oxygens (including phenoxy) is 2. The maximum absolute atomic E-state index is 12.8. The average molecular weight is 414 g/mol. The van der Waals surface area contributed by atoms with Gasteiger partial charge in [0.2, 0.25) is 0 Å². The normalized spacial score (nSPS) is 11.7. The molecule has 3 aromatic rings. The minimum atomic E-state index is -0.261. The number of benzene rings is 2. The average Bonchev–Trinajstić information content (AvgIpc) is 3.12.